The fourth-order valence-electron chi connectivity index (χ4n) is 2.01. The molecule has 5 nitrogen and oxygen atoms in total. The van der Waals surface area contributed by atoms with Gasteiger partial charge in [0.05, 0.1) is 5.39 Å². The molecule has 0 amide bonds. The van der Waals surface area contributed by atoms with Gasteiger partial charge >= 0.3 is 0 Å². The van der Waals surface area contributed by atoms with Crippen LogP contribution in [0, 0.1) is 0 Å². The van der Waals surface area contributed by atoms with Gasteiger partial charge < -0.3 is 20.1 Å². The van der Waals surface area contributed by atoms with Crippen molar-refractivity contribution in [3.05, 3.63) is 30.0 Å². The summed E-state index contributed by atoms with van der Waals surface area (Å²) >= 11 is 0. The number of aromatic amines is 1. The Labute approximate surface area is 117 Å². The van der Waals surface area contributed by atoms with Crippen molar-refractivity contribution in [1.82, 2.24) is 10.3 Å². The van der Waals surface area contributed by atoms with E-state index in [1.165, 1.54) is 0 Å². The van der Waals surface area contributed by atoms with Gasteiger partial charge in [0.1, 0.15) is 18.5 Å². The van der Waals surface area contributed by atoms with Crippen molar-refractivity contribution >= 4 is 17.2 Å². The van der Waals surface area contributed by atoms with Gasteiger partial charge in [0.2, 0.25) is 0 Å². The van der Waals surface area contributed by atoms with Gasteiger partial charge in [0.25, 0.3) is 0 Å². The molecule has 0 bridgehead atoms. The molecule has 2 aromatic rings. The van der Waals surface area contributed by atoms with E-state index in [9.17, 15) is 9.90 Å². The van der Waals surface area contributed by atoms with Gasteiger partial charge in [-0.2, -0.15) is 0 Å². The lowest BCUT2D eigenvalue weighted by Gasteiger charge is -2.15. The Morgan fingerprint density at radius 1 is 1.45 bits per heavy atom. The number of aromatic nitrogens is 1. The summed E-state index contributed by atoms with van der Waals surface area (Å²) in [5.41, 5.74) is 1.41. The number of H-pyrrole nitrogens is 1. The summed E-state index contributed by atoms with van der Waals surface area (Å²) in [7, 11) is 0. The number of carbonyl (C=O) groups is 1. The maximum atomic E-state index is 11.0. The highest BCUT2D eigenvalue weighted by atomic mass is 16.5. The fourth-order valence-corrected chi connectivity index (χ4v) is 2.01. The van der Waals surface area contributed by atoms with Crippen LogP contribution in [0.3, 0.4) is 0 Å². The van der Waals surface area contributed by atoms with E-state index in [1.807, 2.05) is 26.0 Å². The summed E-state index contributed by atoms with van der Waals surface area (Å²) in [6, 6.07) is 5.85. The predicted octanol–water partition coefficient (Wildman–Crippen LogP) is 1.72. The predicted molar refractivity (Wildman–Crippen MR) is 78.3 cm³/mol. The second kappa shape index (κ2) is 6.54. The fraction of sp³-hybridized carbons (Fsp3) is 0.400. The summed E-state index contributed by atoms with van der Waals surface area (Å²) in [6.07, 6.45) is 1.86. The highest BCUT2D eigenvalue weighted by molar-refractivity contribution is 6.00. The largest absolute Gasteiger partial charge is 0.490 e. The van der Waals surface area contributed by atoms with Crippen molar-refractivity contribution in [3.8, 4) is 5.75 Å². The van der Waals surface area contributed by atoms with E-state index in [2.05, 4.69) is 10.3 Å². The van der Waals surface area contributed by atoms with Gasteiger partial charge in [-0.3, -0.25) is 4.79 Å². The molecular formula is C15H20N2O3. The quantitative estimate of drug-likeness (QED) is 0.673. The van der Waals surface area contributed by atoms with Crippen LogP contribution in [-0.2, 0) is 0 Å². The molecule has 0 radical (unpaired) electrons. The van der Waals surface area contributed by atoms with E-state index < -0.39 is 6.10 Å². The second-order valence-corrected chi connectivity index (χ2v) is 5.07. The number of ether oxygens (including phenoxy) is 1. The number of aliphatic hydroxyl groups is 1. The van der Waals surface area contributed by atoms with Gasteiger partial charge in [-0.05, 0) is 12.1 Å². The molecular weight excluding hydrogens is 256 g/mol. The third-order valence-electron chi connectivity index (χ3n) is 3.02. The van der Waals surface area contributed by atoms with Gasteiger partial charge in [-0.15, -0.1) is 0 Å². The van der Waals surface area contributed by atoms with Crippen LogP contribution in [0.15, 0.2) is 24.4 Å². The first kappa shape index (κ1) is 14.6. The molecule has 1 unspecified atom stereocenters. The molecule has 5 heteroatoms. The number of aliphatic hydroxyl groups excluding tert-OH is 1. The highest BCUT2D eigenvalue weighted by Crippen LogP contribution is 2.27. The van der Waals surface area contributed by atoms with Crippen molar-refractivity contribution < 1.29 is 14.6 Å². The van der Waals surface area contributed by atoms with Crippen LogP contribution < -0.4 is 10.1 Å². The number of fused-ring (bicyclic) bond motifs is 1. The minimum Gasteiger partial charge on any atom is -0.490 e. The third-order valence-corrected chi connectivity index (χ3v) is 3.02. The Morgan fingerprint density at radius 3 is 2.95 bits per heavy atom. The molecule has 3 N–H and O–H groups in total. The Kier molecular flexibility index (Phi) is 4.76. The Morgan fingerprint density at radius 2 is 2.25 bits per heavy atom. The van der Waals surface area contributed by atoms with Crippen LogP contribution in [0.4, 0.5) is 0 Å². The van der Waals surface area contributed by atoms with E-state index in [0.29, 0.717) is 23.9 Å². The first-order chi connectivity index (χ1) is 9.61. The van der Waals surface area contributed by atoms with E-state index >= 15 is 0 Å². The standard InChI is InChI=1S/C15H20N2O3/c1-10(2)16-7-12(19)9-20-14-5-3-4-13-15(14)11(8-18)6-17-13/h3-6,8,10,12,16-17,19H,7,9H2,1-2H3. The molecule has 0 fully saturated rings. The van der Waals surface area contributed by atoms with Crippen LogP contribution in [0.2, 0.25) is 0 Å². The molecule has 1 aromatic heterocycles. The Hall–Kier alpha value is -1.85. The zero-order valence-corrected chi connectivity index (χ0v) is 11.7. The van der Waals surface area contributed by atoms with Crippen molar-refractivity contribution in [1.29, 1.82) is 0 Å². The minimum absolute atomic E-state index is 0.183. The summed E-state index contributed by atoms with van der Waals surface area (Å²) in [5.74, 6) is 0.606. The van der Waals surface area contributed by atoms with Crippen molar-refractivity contribution in [2.24, 2.45) is 0 Å². The number of nitrogens with one attached hydrogen (secondary N) is 2. The number of rotatable bonds is 7. The number of aldehydes is 1. The van der Waals surface area contributed by atoms with Gasteiger partial charge in [0.15, 0.2) is 6.29 Å². The molecule has 0 aliphatic rings. The van der Waals surface area contributed by atoms with Gasteiger partial charge in [-0.1, -0.05) is 19.9 Å². The normalized spacial score (nSPS) is 12.8. The molecule has 1 atom stereocenters. The Balaban J connectivity index is 2.06. The molecule has 0 aliphatic carbocycles. The zero-order chi connectivity index (χ0) is 14.5. The second-order valence-electron chi connectivity index (χ2n) is 5.07. The maximum Gasteiger partial charge on any atom is 0.152 e. The SMILES string of the molecule is CC(C)NCC(O)COc1cccc2[nH]cc(C=O)c12. The Bertz CT molecular complexity index is 578. The van der Waals surface area contributed by atoms with Crippen LogP contribution >= 0.6 is 0 Å². The smallest absolute Gasteiger partial charge is 0.152 e. The van der Waals surface area contributed by atoms with Crippen molar-refractivity contribution in [3.63, 3.8) is 0 Å². The van der Waals surface area contributed by atoms with Crippen molar-refractivity contribution in [2.75, 3.05) is 13.2 Å². The molecule has 1 aromatic carbocycles. The summed E-state index contributed by atoms with van der Waals surface area (Å²) in [4.78, 5) is 14.0. The third kappa shape index (κ3) is 3.37. The summed E-state index contributed by atoms with van der Waals surface area (Å²) < 4.78 is 5.65. The first-order valence-corrected chi connectivity index (χ1v) is 6.71. The van der Waals surface area contributed by atoms with Crippen LogP contribution in [0.25, 0.3) is 10.9 Å². The van der Waals surface area contributed by atoms with E-state index in [-0.39, 0.29) is 6.61 Å². The number of hydrogen-bond acceptors (Lipinski definition) is 4. The summed E-state index contributed by atoms with van der Waals surface area (Å²) in [5, 5.41) is 13.7. The topological polar surface area (TPSA) is 74.3 Å². The molecule has 1 heterocycles. The molecule has 0 saturated carbocycles. The number of hydrogen-bond donors (Lipinski definition) is 3. The highest BCUT2D eigenvalue weighted by Gasteiger charge is 2.11. The minimum atomic E-state index is -0.591. The lowest BCUT2D eigenvalue weighted by Crippen LogP contribution is -2.35. The number of carbonyl (C=O) groups excluding carboxylic acids is 1. The summed E-state index contributed by atoms with van der Waals surface area (Å²) in [6.45, 7) is 4.69. The molecule has 0 saturated heterocycles. The molecule has 20 heavy (non-hydrogen) atoms. The zero-order valence-electron chi connectivity index (χ0n) is 11.7. The average molecular weight is 276 g/mol. The van der Waals surface area contributed by atoms with Crippen molar-refractivity contribution in [2.45, 2.75) is 26.0 Å². The van der Waals surface area contributed by atoms with Crippen LogP contribution in [-0.4, -0.2) is 41.7 Å². The van der Waals surface area contributed by atoms with E-state index in [1.54, 1.807) is 12.3 Å². The molecule has 0 aliphatic heterocycles. The lowest BCUT2D eigenvalue weighted by atomic mass is 10.1. The monoisotopic (exact) mass is 276 g/mol. The molecule has 108 valence electrons. The van der Waals surface area contributed by atoms with Crippen LogP contribution in [0.5, 0.6) is 5.75 Å². The molecule has 2 rings (SSSR count). The van der Waals surface area contributed by atoms with E-state index in [4.69, 9.17) is 4.74 Å². The van der Waals surface area contributed by atoms with Gasteiger partial charge in [0, 0.05) is 29.9 Å². The first-order valence-electron chi connectivity index (χ1n) is 6.71. The lowest BCUT2D eigenvalue weighted by molar-refractivity contribution is 0.105. The van der Waals surface area contributed by atoms with Gasteiger partial charge in [-0.25, -0.2) is 0 Å². The number of benzene rings is 1. The average Bonchev–Trinajstić information content (AvgIpc) is 2.86. The molecule has 0 spiro atoms. The van der Waals surface area contributed by atoms with Crippen LogP contribution in [0.1, 0.15) is 24.2 Å². The van der Waals surface area contributed by atoms with E-state index in [0.717, 1.165) is 17.2 Å². The maximum absolute atomic E-state index is 11.0.